The fourth-order valence-electron chi connectivity index (χ4n) is 3.73. The number of esters is 2. The number of carbonyl (C=O) groups excluding carboxylic acids is 2. The van der Waals surface area contributed by atoms with Crippen LogP contribution in [0.15, 0.2) is 77.7 Å². The van der Waals surface area contributed by atoms with Gasteiger partial charge >= 0.3 is 11.9 Å². The zero-order valence-corrected chi connectivity index (χ0v) is 22.4. The van der Waals surface area contributed by atoms with Crippen LogP contribution in [-0.4, -0.2) is 48.3 Å². The zero-order chi connectivity index (χ0) is 27.5. The molecule has 202 valence electrons. The first-order valence-corrected chi connectivity index (χ1v) is 13.4. The average Bonchev–Trinajstić information content (AvgIpc) is 2.95. The molecule has 0 bridgehead atoms. The van der Waals surface area contributed by atoms with Gasteiger partial charge in [0.1, 0.15) is 17.2 Å². The first-order chi connectivity index (χ1) is 18.3. The standard InChI is InChI=1S/C28H31NO8S/c1-34-22-15-17-23(18-16-22)38(32,33)29(20-21-10-5-4-6-11-21)27-24(28(31)36-3)12-9-13-25(27)37-19-8-7-14-26(30)35-2/h4-6,9-13,15-18H,7-8,14,19-20H2,1-3H3. The van der Waals surface area contributed by atoms with Crippen LogP contribution in [0, 0.1) is 0 Å². The molecule has 0 saturated heterocycles. The van der Waals surface area contributed by atoms with Crippen molar-refractivity contribution < 1.29 is 37.0 Å². The van der Waals surface area contributed by atoms with Crippen molar-refractivity contribution in [3.8, 4) is 11.5 Å². The molecule has 0 unspecified atom stereocenters. The molecule has 38 heavy (non-hydrogen) atoms. The van der Waals surface area contributed by atoms with E-state index in [9.17, 15) is 18.0 Å². The molecule has 0 amide bonds. The number of unbranched alkanes of at least 4 members (excludes halogenated alkanes) is 1. The molecule has 0 fully saturated rings. The lowest BCUT2D eigenvalue weighted by Crippen LogP contribution is -2.32. The molecular formula is C28H31NO8S. The number of nitrogens with zero attached hydrogens (tertiary/aromatic N) is 1. The minimum Gasteiger partial charge on any atom is -0.497 e. The van der Waals surface area contributed by atoms with Gasteiger partial charge in [-0.25, -0.2) is 13.2 Å². The number of hydrogen-bond donors (Lipinski definition) is 0. The highest BCUT2D eigenvalue weighted by Gasteiger charge is 2.32. The predicted molar refractivity (Wildman–Crippen MR) is 142 cm³/mol. The van der Waals surface area contributed by atoms with Gasteiger partial charge in [0.2, 0.25) is 0 Å². The summed E-state index contributed by atoms with van der Waals surface area (Å²) >= 11 is 0. The van der Waals surface area contributed by atoms with Gasteiger partial charge in [0.05, 0.1) is 44.9 Å². The van der Waals surface area contributed by atoms with E-state index in [1.807, 2.05) is 6.07 Å². The number of benzene rings is 3. The van der Waals surface area contributed by atoms with Gasteiger partial charge in [-0.3, -0.25) is 9.10 Å². The van der Waals surface area contributed by atoms with Crippen LogP contribution in [-0.2, 0) is 30.8 Å². The highest BCUT2D eigenvalue weighted by Crippen LogP contribution is 2.38. The maximum absolute atomic E-state index is 14.1. The Bertz CT molecular complexity index is 1320. The molecule has 0 heterocycles. The lowest BCUT2D eigenvalue weighted by Gasteiger charge is -2.28. The zero-order valence-electron chi connectivity index (χ0n) is 21.6. The molecule has 3 aromatic rings. The van der Waals surface area contributed by atoms with Gasteiger partial charge in [-0.05, 0) is 54.8 Å². The molecule has 10 heteroatoms. The fraction of sp³-hybridized carbons (Fsp3) is 0.286. The van der Waals surface area contributed by atoms with E-state index in [0.29, 0.717) is 24.2 Å². The van der Waals surface area contributed by atoms with Gasteiger partial charge in [0.15, 0.2) is 0 Å². The Morgan fingerprint density at radius 3 is 2.16 bits per heavy atom. The van der Waals surface area contributed by atoms with E-state index >= 15 is 0 Å². The van der Waals surface area contributed by atoms with Crippen LogP contribution in [0.5, 0.6) is 11.5 Å². The summed E-state index contributed by atoms with van der Waals surface area (Å²) in [5, 5.41) is 0. The van der Waals surface area contributed by atoms with Crippen LogP contribution in [0.3, 0.4) is 0 Å². The molecule has 0 radical (unpaired) electrons. The molecule has 0 aromatic heterocycles. The third-order valence-corrected chi connectivity index (χ3v) is 7.49. The molecule has 3 aromatic carbocycles. The quantitative estimate of drug-likeness (QED) is 0.228. The third-order valence-electron chi connectivity index (χ3n) is 5.73. The van der Waals surface area contributed by atoms with Crippen LogP contribution in [0.25, 0.3) is 0 Å². The lowest BCUT2D eigenvalue weighted by molar-refractivity contribution is -0.140. The molecule has 0 aliphatic rings. The van der Waals surface area contributed by atoms with Gasteiger partial charge in [0, 0.05) is 6.42 Å². The van der Waals surface area contributed by atoms with E-state index in [4.69, 9.17) is 14.2 Å². The molecule has 3 rings (SSSR count). The second kappa shape index (κ2) is 13.5. The van der Waals surface area contributed by atoms with Crippen molar-refractivity contribution in [2.75, 3.05) is 32.2 Å². The topological polar surface area (TPSA) is 108 Å². The third kappa shape index (κ3) is 7.04. The fourth-order valence-corrected chi connectivity index (χ4v) is 5.22. The maximum atomic E-state index is 14.1. The number of rotatable bonds is 13. The van der Waals surface area contributed by atoms with E-state index in [2.05, 4.69) is 4.74 Å². The summed E-state index contributed by atoms with van der Waals surface area (Å²) in [6.45, 7) is 0.123. The monoisotopic (exact) mass is 541 g/mol. The molecule has 0 aliphatic carbocycles. The van der Waals surface area contributed by atoms with Gasteiger partial charge in [0.25, 0.3) is 10.0 Å². The minimum absolute atomic E-state index is 0.0120. The molecule has 0 aliphatic heterocycles. The number of methoxy groups -OCH3 is 3. The second-order valence-electron chi connectivity index (χ2n) is 8.20. The summed E-state index contributed by atoms with van der Waals surface area (Å²) in [6.07, 6.45) is 1.28. The second-order valence-corrected chi connectivity index (χ2v) is 10.1. The van der Waals surface area contributed by atoms with Crippen molar-refractivity contribution in [3.05, 3.63) is 83.9 Å². The number of hydrogen-bond acceptors (Lipinski definition) is 8. The smallest absolute Gasteiger partial charge is 0.340 e. The van der Waals surface area contributed by atoms with Crippen molar-refractivity contribution >= 4 is 27.6 Å². The van der Waals surface area contributed by atoms with Gasteiger partial charge in [-0.15, -0.1) is 0 Å². The summed E-state index contributed by atoms with van der Waals surface area (Å²) in [5.41, 5.74) is 0.799. The van der Waals surface area contributed by atoms with Crippen LogP contribution >= 0.6 is 0 Å². The SMILES string of the molecule is COC(=O)CCCCOc1cccc(C(=O)OC)c1N(Cc1ccccc1)S(=O)(=O)c1ccc(OC)cc1. The van der Waals surface area contributed by atoms with Crippen LogP contribution < -0.4 is 13.8 Å². The summed E-state index contributed by atoms with van der Waals surface area (Å²) in [5.74, 6) is -0.333. The number of carbonyl (C=O) groups is 2. The number of ether oxygens (including phenoxy) is 4. The number of anilines is 1. The van der Waals surface area contributed by atoms with Crippen molar-refractivity contribution in [2.45, 2.75) is 30.7 Å². The van der Waals surface area contributed by atoms with Crippen molar-refractivity contribution in [1.29, 1.82) is 0 Å². The summed E-state index contributed by atoms with van der Waals surface area (Å²) < 4.78 is 50.1. The Hall–Kier alpha value is -4.05. The first-order valence-electron chi connectivity index (χ1n) is 11.9. The molecule has 0 saturated carbocycles. The Balaban J connectivity index is 2.08. The van der Waals surface area contributed by atoms with Gasteiger partial charge in [-0.2, -0.15) is 0 Å². The summed E-state index contributed by atoms with van der Waals surface area (Å²) in [4.78, 5) is 24.2. The molecule has 0 atom stereocenters. The highest BCUT2D eigenvalue weighted by atomic mass is 32.2. The maximum Gasteiger partial charge on any atom is 0.340 e. The van der Waals surface area contributed by atoms with Gasteiger partial charge in [-0.1, -0.05) is 36.4 Å². The number of sulfonamides is 1. The molecular weight excluding hydrogens is 510 g/mol. The number of para-hydroxylation sites is 1. The van der Waals surface area contributed by atoms with E-state index in [-0.39, 0.29) is 47.4 Å². The summed E-state index contributed by atoms with van der Waals surface area (Å²) in [6, 6.07) is 19.7. The van der Waals surface area contributed by atoms with Crippen molar-refractivity contribution in [3.63, 3.8) is 0 Å². The Kier molecular flexibility index (Phi) is 10.1. The first kappa shape index (κ1) is 28.5. The van der Waals surface area contributed by atoms with Crippen LogP contribution in [0.1, 0.15) is 35.2 Å². The van der Waals surface area contributed by atoms with Crippen molar-refractivity contribution in [2.24, 2.45) is 0 Å². The van der Waals surface area contributed by atoms with Gasteiger partial charge < -0.3 is 18.9 Å². The molecule has 0 N–H and O–H groups in total. The minimum atomic E-state index is -4.19. The van der Waals surface area contributed by atoms with Crippen molar-refractivity contribution in [1.82, 2.24) is 0 Å². The van der Waals surface area contributed by atoms with Crippen LogP contribution in [0.4, 0.5) is 5.69 Å². The Labute approximate surface area is 222 Å². The van der Waals surface area contributed by atoms with E-state index in [1.165, 1.54) is 39.5 Å². The largest absolute Gasteiger partial charge is 0.497 e. The predicted octanol–water partition coefficient (Wildman–Crippen LogP) is 4.60. The van der Waals surface area contributed by atoms with E-state index in [1.54, 1.807) is 48.5 Å². The Morgan fingerprint density at radius 2 is 1.53 bits per heavy atom. The molecule has 9 nitrogen and oxygen atoms in total. The van der Waals surface area contributed by atoms with E-state index < -0.39 is 16.0 Å². The Morgan fingerprint density at radius 1 is 0.816 bits per heavy atom. The summed E-state index contributed by atoms with van der Waals surface area (Å²) in [7, 11) is -0.137. The normalized spacial score (nSPS) is 10.9. The lowest BCUT2D eigenvalue weighted by atomic mass is 10.1. The van der Waals surface area contributed by atoms with E-state index in [0.717, 1.165) is 4.31 Å². The molecule has 0 spiro atoms. The van der Waals surface area contributed by atoms with Crippen LogP contribution in [0.2, 0.25) is 0 Å². The average molecular weight is 542 g/mol. The highest BCUT2D eigenvalue weighted by molar-refractivity contribution is 7.92.